The van der Waals surface area contributed by atoms with Crippen LogP contribution in [0.25, 0.3) is 0 Å². The summed E-state index contributed by atoms with van der Waals surface area (Å²) in [5.74, 6) is -0.876. The molecular formula is C21H22N4O5S2. The zero-order chi connectivity index (χ0) is 23.1. The molecule has 3 rings (SSSR count). The predicted molar refractivity (Wildman–Crippen MR) is 122 cm³/mol. The van der Waals surface area contributed by atoms with E-state index in [1.54, 1.807) is 38.1 Å². The van der Waals surface area contributed by atoms with E-state index in [1.165, 1.54) is 0 Å². The van der Waals surface area contributed by atoms with Crippen LogP contribution >= 0.6 is 23.1 Å². The van der Waals surface area contributed by atoms with Crippen molar-refractivity contribution in [2.75, 3.05) is 23.0 Å². The molecule has 0 fully saturated rings. The SMILES string of the molecule is CCOC(=O)c1sc(NC(=O)CSc2nnc(CC)o2)c(C(=O)Nc2ccccc2)c1C. The Kier molecular flexibility index (Phi) is 8.01. The van der Waals surface area contributed by atoms with Crippen LogP contribution in [0.2, 0.25) is 0 Å². The van der Waals surface area contributed by atoms with Crippen LogP contribution in [0.5, 0.6) is 0 Å². The van der Waals surface area contributed by atoms with E-state index >= 15 is 0 Å². The summed E-state index contributed by atoms with van der Waals surface area (Å²) in [6, 6.07) is 8.91. The maximum Gasteiger partial charge on any atom is 0.348 e. The van der Waals surface area contributed by atoms with Gasteiger partial charge >= 0.3 is 5.97 Å². The topological polar surface area (TPSA) is 123 Å². The zero-order valence-electron chi connectivity index (χ0n) is 17.8. The highest BCUT2D eigenvalue weighted by Crippen LogP contribution is 2.34. The van der Waals surface area contributed by atoms with Gasteiger partial charge in [-0.3, -0.25) is 9.59 Å². The van der Waals surface area contributed by atoms with E-state index in [1.807, 2.05) is 13.0 Å². The van der Waals surface area contributed by atoms with Gasteiger partial charge in [-0.2, -0.15) is 0 Å². The van der Waals surface area contributed by atoms with E-state index < -0.39 is 11.9 Å². The van der Waals surface area contributed by atoms with E-state index in [-0.39, 0.29) is 38.9 Å². The molecule has 11 heteroatoms. The number of thiophene rings is 1. The van der Waals surface area contributed by atoms with Gasteiger partial charge < -0.3 is 19.8 Å². The van der Waals surface area contributed by atoms with Crippen molar-refractivity contribution in [3.63, 3.8) is 0 Å². The Morgan fingerprint density at radius 3 is 2.53 bits per heavy atom. The van der Waals surface area contributed by atoms with Crippen LogP contribution in [-0.4, -0.2) is 40.3 Å². The molecule has 0 aliphatic heterocycles. The molecule has 0 aliphatic carbocycles. The van der Waals surface area contributed by atoms with Gasteiger partial charge in [-0.25, -0.2) is 4.79 Å². The van der Waals surface area contributed by atoms with Crippen molar-refractivity contribution in [3.05, 3.63) is 52.2 Å². The molecule has 0 saturated heterocycles. The molecule has 9 nitrogen and oxygen atoms in total. The van der Waals surface area contributed by atoms with Gasteiger partial charge in [-0.15, -0.1) is 21.5 Å². The molecule has 0 radical (unpaired) electrons. The van der Waals surface area contributed by atoms with Crippen molar-refractivity contribution in [3.8, 4) is 0 Å². The number of nitrogens with zero attached hydrogens (tertiary/aromatic N) is 2. The van der Waals surface area contributed by atoms with E-state index in [9.17, 15) is 14.4 Å². The third kappa shape index (κ3) is 5.74. The largest absolute Gasteiger partial charge is 0.462 e. The van der Waals surface area contributed by atoms with Gasteiger partial charge in [0, 0.05) is 12.1 Å². The van der Waals surface area contributed by atoms with Crippen LogP contribution in [0.15, 0.2) is 40.0 Å². The first-order chi connectivity index (χ1) is 15.4. The summed E-state index contributed by atoms with van der Waals surface area (Å²) in [5.41, 5.74) is 1.25. The number of rotatable bonds is 9. The van der Waals surface area contributed by atoms with Crippen LogP contribution in [0.1, 0.15) is 45.3 Å². The minimum absolute atomic E-state index is 0.00320. The number of carbonyl (C=O) groups is 3. The molecule has 32 heavy (non-hydrogen) atoms. The monoisotopic (exact) mass is 474 g/mol. The molecule has 0 saturated carbocycles. The van der Waals surface area contributed by atoms with Crippen molar-refractivity contribution in [2.45, 2.75) is 32.4 Å². The minimum Gasteiger partial charge on any atom is -0.462 e. The number of para-hydroxylation sites is 1. The fourth-order valence-corrected chi connectivity index (χ4v) is 4.41. The Hall–Kier alpha value is -3.18. The summed E-state index contributed by atoms with van der Waals surface area (Å²) in [6.45, 7) is 5.43. The minimum atomic E-state index is -0.545. The molecule has 2 amide bonds. The van der Waals surface area contributed by atoms with Crippen LogP contribution in [0.4, 0.5) is 10.7 Å². The summed E-state index contributed by atoms with van der Waals surface area (Å²) in [7, 11) is 0. The first kappa shape index (κ1) is 23.5. The van der Waals surface area contributed by atoms with Crippen LogP contribution in [0, 0.1) is 6.92 Å². The van der Waals surface area contributed by atoms with Gasteiger partial charge in [0.05, 0.1) is 17.9 Å². The number of carbonyl (C=O) groups excluding carboxylic acids is 3. The van der Waals surface area contributed by atoms with E-state index in [4.69, 9.17) is 9.15 Å². The molecule has 0 atom stereocenters. The van der Waals surface area contributed by atoms with Crippen molar-refractivity contribution >= 4 is 51.6 Å². The van der Waals surface area contributed by atoms with Crippen molar-refractivity contribution < 1.29 is 23.5 Å². The Labute approximate surface area is 192 Å². The maximum absolute atomic E-state index is 13.0. The molecular weight excluding hydrogens is 452 g/mol. The quantitative estimate of drug-likeness (QED) is 0.350. The predicted octanol–water partition coefficient (Wildman–Crippen LogP) is 4.16. The van der Waals surface area contributed by atoms with Gasteiger partial charge in [0.15, 0.2) is 0 Å². The molecule has 2 aromatic heterocycles. The Morgan fingerprint density at radius 2 is 1.88 bits per heavy atom. The van der Waals surface area contributed by atoms with Crippen LogP contribution in [-0.2, 0) is 16.0 Å². The normalized spacial score (nSPS) is 10.6. The lowest BCUT2D eigenvalue weighted by Gasteiger charge is -2.08. The van der Waals surface area contributed by atoms with Gasteiger partial charge in [-0.1, -0.05) is 36.9 Å². The number of thioether (sulfide) groups is 1. The maximum atomic E-state index is 13.0. The zero-order valence-corrected chi connectivity index (χ0v) is 19.4. The standard InChI is InChI=1S/C21H22N4O5S2/c1-4-15-24-25-21(30-15)31-11-14(26)23-19-16(12(3)17(32-19)20(28)29-5-2)18(27)22-13-9-7-6-8-10-13/h6-10H,4-5,11H2,1-3H3,(H,22,27)(H,23,26). The molecule has 2 N–H and O–H groups in total. The third-order valence-corrected chi connectivity index (χ3v) is 6.20. The molecule has 1 aromatic carbocycles. The summed E-state index contributed by atoms with van der Waals surface area (Å²) < 4.78 is 10.5. The first-order valence-electron chi connectivity index (χ1n) is 9.84. The van der Waals surface area contributed by atoms with E-state index in [0.29, 0.717) is 23.6 Å². The average Bonchev–Trinajstić information content (AvgIpc) is 3.37. The number of aryl methyl sites for hydroxylation is 1. The van der Waals surface area contributed by atoms with Crippen molar-refractivity contribution in [1.29, 1.82) is 0 Å². The Bertz CT molecular complexity index is 1110. The number of esters is 1. The van der Waals surface area contributed by atoms with Crippen LogP contribution in [0.3, 0.4) is 0 Å². The first-order valence-corrected chi connectivity index (χ1v) is 11.6. The lowest BCUT2D eigenvalue weighted by molar-refractivity contribution is -0.113. The highest BCUT2D eigenvalue weighted by Gasteiger charge is 2.26. The molecule has 0 aliphatic rings. The summed E-state index contributed by atoms with van der Waals surface area (Å²) in [6.07, 6.45) is 0.602. The second-order valence-corrected chi connectivity index (χ2v) is 8.40. The second kappa shape index (κ2) is 10.9. The van der Waals surface area contributed by atoms with Gasteiger partial charge in [0.1, 0.15) is 9.88 Å². The number of ether oxygens (including phenoxy) is 1. The number of hydrogen-bond acceptors (Lipinski definition) is 9. The lowest BCUT2D eigenvalue weighted by Crippen LogP contribution is -2.18. The highest BCUT2D eigenvalue weighted by atomic mass is 32.2. The van der Waals surface area contributed by atoms with Gasteiger partial charge in [0.2, 0.25) is 11.8 Å². The molecule has 2 heterocycles. The Morgan fingerprint density at radius 1 is 1.12 bits per heavy atom. The second-order valence-electron chi connectivity index (χ2n) is 6.45. The van der Waals surface area contributed by atoms with E-state index in [2.05, 4.69) is 20.8 Å². The molecule has 0 spiro atoms. The number of benzene rings is 1. The summed E-state index contributed by atoms with van der Waals surface area (Å²) in [4.78, 5) is 38.2. The third-order valence-electron chi connectivity index (χ3n) is 4.20. The number of anilines is 2. The smallest absolute Gasteiger partial charge is 0.348 e. The molecule has 0 unspecified atom stereocenters. The number of amides is 2. The van der Waals surface area contributed by atoms with Gasteiger partial charge in [-0.05, 0) is 31.5 Å². The van der Waals surface area contributed by atoms with Crippen molar-refractivity contribution in [1.82, 2.24) is 10.2 Å². The lowest BCUT2D eigenvalue weighted by atomic mass is 10.1. The fourth-order valence-electron chi connectivity index (χ4n) is 2.71. The summed E-state index contributed by atoms with van der Waals surface area (Å²) >= 11 is 2.09. The van der Waals surface area contributed by atoms with E-state index in [0.717, 1.165) is 23.1 Å². The molecule has 3 aromatic rings. The van der Waals surface area contributed by atoms with Crippen LogP contribution < -0.4 is 10.6 Å². The van der Waals surface area contributed by atoms with Crippen molar-refractivity contribution in [2.24, 2.45) is 0 Å². The Balaban J connectivity index is 1.80. The number of hydrogen-bond donors (Lipinski definition) is 2. The highest BCUT2D eigenvalue weighted by molar-refractivity contribution is 7.99. The average molecular weight is 475 g/mol. The number of aromatic nitrogens is 2. The summed E-state index contributed by atoms with van der Waals surface area (Å²) in [5, 5.41) is 13.8. The molecule has 168 valence electrons. The number of nitrogens with one attached hydrogen (secondary N) is 2. The van der Waals surface area contributed by atoms with Gasteiger partial charge in [0.25, 0.3) is 11.1 Å². The fraction of sp³-hybridized carbons (Fsp3) is 0.286. The molecule has 0 bridgehead atoms.